The molecule has 2 aromatic rings. The van der Waals surface area contributed by atoms with Crippen molar-refractivity contribution in [2.75, 3.05) is 13.1 Å². The van der Waals surface area contributed by atoms with Crippen LogP contribution in [-0.2, 0) is 6.54 Å². The van der Waals surface area contributed by atoms with Gasteiger partial charge in [0.1, 0.15) is 12.7 Å². The lowest BCUT2D eigenvalue weighted by Gasteiger charge is -2.39. The van der Waals surface area contributed by atoms with Gasteiger partial charge in [-0.2, -0.15) is 5.10 Å². The lowest BCUT2D eigenvalue weighted by Crippen LogP contribution is -2.51. The maximum Gasteiger partial charge on any atom is 0.256 e. The van der Waals surface area contributed by atoms with E-state index >= 15 is 0 Å². The molecule has 0 N–H and O–H groups in total. The van der Waals surface area contributed by atoms with Crippen molar-refractivity contribution in [2.45, 2.75) is 6.54 Å². The number of aromatic nitrogens is 4. The van der Waals surface area contributed by atoms with Gasteiger partial charge in [-0.15, -0.1) is 0 Å². The topological polar surface area (TPSA) is 63.9 Å². The SMILES string of the molecule is O=C(c1ccncc1F)N1CC(Cn2cncn2)C1. The maximum atomic E-state index is 13.4. The van der Waals surface area contributed by atoms with Gasteiger partial charge in [0.15, 0.2) is 5.82 Å². The molecule has 0 saturated carbocycles. The Morgan fingerprint density at radius 3 is 2.95 bits per heavy atom. The number of hydrogen-bond donors (Lipinski definition) is 0. The molecule has 3 heterocycles. The van der Waals surface area contributed by atoms with Crippen LogP contribution in [0.25, 0.3) is 0 Å². The van der Waals surface area contributed by atoms with Crippen molar-refractivity contribution in [3.63, 3.8) is 0 Å². The Labute approximate surface area is 108 Å². The van der Waals surface area contributed by atoms with E-state index in [4.69, 9.17) is 0 Å². The summed E-state index contributed by atoms with van der Waals surface area (Å²) in [7, 11) is 0. The van der Waals surface area contributed by atoms with Crippen molar-refractivity contribution in [3.05, 3.63) is 42.5 Å². The smallest absolute Gasteiger partial charge is 0.256 e. The van der Waals surface area contributed by atoms with Crippen LogP contribution < -0.4 is 0 Å². The van der Waals surface area contributed by atoms with Crippen LogP contribution in [0, 0.1) is 11.7 Å². The molecule has 1 saturated heterocycles. The largest absolute Gasteiger partial charge is 0.338 e. The summed E-state index contributed by atoms with van der Waals surface area (Å²) in [5.74, 6) is -0.516. The molecule has 1 aliphatic heterocycles. The van der Waals surface area contributed by atoms with E-state index in [0.717, 1.165) is 12.7 Å². The Morgan fingerprint density at radius 2 is 2.26 bits per heavy atom. The minimum atomic E-state index is -0.577. The van der Waals surface area contributed by atoms with Crippen LogP contribution in [-0.4, -0.2) is 43.6 Å². The first kappa shape index (κ1) is 11.8. The molecule has 0 aromatic carbocycles. The number of nitrogens with zero attached hydrogens (tertiary/aromatic N) is 5. The molecule has 7 heteroatoms. The van der Waals surface area contributed by atoms with Crippen molar-refractivity contribution in [2.24, 2.45) is 5.92 Å². The molecule has 0 aliphatic carbocycles. The molecule has 1 aliphatic rings. The zero-order valence-electron chi connectivity index (χ0n) is 10.1. The third kappa shape index (κ3) is 2.31. The van der Waals surface area contributed by atoms with Crippen LogP contribution >= 0.6 is 0 Å². The van der Waals surface area contributed by atoms with Gasteiger partial charge in [0.25, 0.3) is 5.91 Å². The Bertz CT molecular complexity index is 580. The fraction of sp³-hybridized carbons (Fsp3) is 0.333. The molecule has 0 unspecified atom stereocenters. The summed E-state index contributed by atoms with van der Waals surface area (Å²) in [5, 5.41) is 4.01. The van der Waals surface area contributed by atoms with Gasteiger partial charge in [-0.3, -0.25) is 14.5 Å². The van der Waals surface area contributed by atoms with Crippen LogP contribution in [0.3, 0.4) is 0 Å². The molecule has 0 atom stereocenters. The Kier molecular flexibility index (Phi) is 2.94. The quantitative estimate of drug-likeness (QED) is 0.811. The fourth-order valence-electron chi connectivity index (χ4n) is 2.16. The molecule has 0 spiro atoms. The summed E-state index contributed by atoms with van der Waals surface area (Å²) in [4.78, 5) is 21.1. The average Bonchev–Trinajstić information content (AvgIpc) is 2.86. The number of carbonyl (C=O) groups excluding carboxylic acids is 1. The molecule has 3 rings (SSSR count). The minimum Gasteiger partial charge on any atom is -0.338 e. The van der Waals surface area contributed by atoms with E-state index in [1.54, 1.807) is 15.9 Å². The highest BCUT2D eigenvalue weighted by atomic mass is 19.1. The van der Waals surface area contributed by atoms with E-state index in [0.29, 0.717) is 19.0 Å². The Morgan fingerprint density at radius 1 is 1.42 bits per heavy atom. The molecule has 1 fully saturated rings. The minimum absolute atomic E-state index is 0.0780. The second-order valence-electron chi connectivity index (χ2n) is 4.55. The molecule has 0 radical (unpaired) electrons. The number of carbonyl (C=O) groups is 1. The van der Waals surface area contributed by atoms with Crippen molar-refractivity contribution in [1.29, 1.82) is 0 Å². The van der Waals surface area contributed by atoms with Crippen molar-refractivity contribution >= 4 is 5.91 Å². The molecule has 1 amide bonds. The van der Waals surface area contributed by atoms with E-state index in [1.807, 2.05) is 0 Å². The van der Waals surface area contributed by atoms with Crippen molar-refractivity contribution in [3.8, 4) is 0 Å². The molecule has 0 bridgehead atoms. The van der Waals surface area contributed by atoms with E-state index in [-0.39, 0.29) is 11.5 Å². The Hall–Kier alpha value is -2.31. The lowest BCUT2D eigenvalue weighted by atomic mass is 9.99. The monoisotopic (exact) mass is 261 g/mol. The summed E-state index contributed by atoms with van der Waals surface area (Å²) in [6.07, 6.45) is 5.60. The highest BCUT2D eigenvalue weighted by molar-refractivity contribution is 5.94. The van der Waals surface area contributed by atoms with Gasteiger partial charge < -0.3 is 4.90 Å². The van der Waals surface area contributed by atoms with Crippen molar-refractivity contribution in [1.82, 2.24) is 24.6 Å². The normalized spacial score (nSPS) is 15.3. The average molecular weight is 261 g/mol. The number of halogens is 1. The van der Waals surface area contributed by atoms with E-state index < -0.39 is 5.82 Å². The standard InChI is InChI=1S/C12H12FN5O/c13-11-3-14-2-1-10(11)12(19)17-4-9(5-17)6-18-8-15-7-16-18/h1-3,7-9H,4-6H2. The molecule has 98 valence electrons. The first-order valence-corrected chi connectivity index (χ1v) is 5.95. The van der Waals surface area contributed by atoms with Crippen LogP contribution in [0.15, 0.2) is 31.1 Å². The maximum absolute atomic E-state index is 13.4. The van der Waals surface area contributed by atoms with Crippen LogP contribution in [0.4, 0.5) is 4.39 Å². The van der Waals surface area contributed by atoms with Crippen LogP contribution in [0.1, 0.15) is 10.4 Å². The van der Waals surface area contributed by atoms with Crippen LogP contribution in [0.2, 0.25) is 0 Å². The van der Waals surface area contributed by atoms with Gasteiger partial charge in [0.05, 0.1) is 11.8 Å². The summed E-state index contributed by atoms with van der Waals surface area (Å²) in [6.45, 7) is 1.95. The second kappa shape index (κ2) is 4.75. The molecule has 6 nitrogen and oxygen atoms in total. The zero-order chi connectivity index (χ0) is 13.2. The number of pyridine rings is 1. The van der Waals surface area contributed by atoms with Gasteiger partial charge in [-0.1, -0.05) is 0 Å². The summed E-state index contributed by atoms with van der Waals surface area (Å²) < 4.78 is 15.2. The first-order chi connectivity index (χ1) is 9.24. The van der Waals surface area contributed by atoms with Gasteiger partial charge in [-0.05, 0) is 6.07 Å². The van der Waals surface area contributed by atoms with E-state index in [9.17, 15) is 9.18 Å². The third-order valence-corrected chi connectivity index (χ3v) is 3.16. The Balaban J connectivity index is 1.59. The first-order valence-electron chi connectivity index (χ1n) is 5.95. The van der Waals surface area contributed by atoms with Crippen LogP contribution in [0.5, 0.6) is 0 Å². The van der Waals surface area contributed by atoms with Gasteiger partial charge in [0, 0.05) is 31.7 Å². The summed E-state index contributed by atoms with van der Waals surface area (Å²) in [6, 6.07) is 1.41. The number of likely N-dealkylation sites (tertiary alicyclic amines) is 1. The number of amides is 1. The lowest BCUT2D eigenvalue weighted by molar-refractivity contribution is 0.0456. The number of rotatable bonds is 3. The van der Waals surface area contributed by atoms with Crippen molar-refractivity contribution < 1.29 is 9.18 Å². The predicted molar refractivity (Wildman–Crippen MR) is 63.6 cm³/mol. The summed E-state index contributed by atoms with van der Waals surface area (Å²) in [5.41, 5.74) is 0.0780. The third-order valence-electron chi connectivity index (χ3n) is 3.16. The second-order valence-corrected chi connectivity index (χ2v) is 4.55. The van der Waals surface area contributed by atoms with Gasteiger partial charge >= 0.3 is 0 Å². The van der Waals surface area contributed by atoms with Gasteiger partial charge in [0.2, 0.25) is 0 Å². The predicted octanol–water partition coefficient (Wildman–Crippen LogP) is 0.584. The molecule has 2 aromatic heterocycles. The highest BCUT2D eigenvalue weighted by Crippen LogP contribution is 2.20. The fourth-order valence-corrected chi connectivity index (χ4v) is 2.16. The molecular weight excluding hydrogens is 249 g/mol. The van der Waals surface area contributed by atoms with E-state index in [2.05, 4.69) is 15.1 Å². The highest BCUT2D eigenvalue weighted by Gasteiger charge is 2.32. The zero-order valence-corrected chi connectivity index (χ0v) is 10.1. The molecular formula is C12H12FN5O. The van der Waals surface area contributed by atoms with E-state index in [1.165, 1.54) is 18.6 Å². The molecule has 19 heavy (non-hydrogen) atoms. The number of hydrogen-bond acceptors (Lipinski definition) is 4. The summed E-state index contributed by atoms with van der Waals surface area (Å²) >= 11 is 0. The van der Waals surface area contributed by atoms with Gasteiger partial charge in [-0.25, -0.2) is 9.37 Å².